The molecular weight excluding hydrogens is 590 g/mol. The van der Waals surface area contributed by atoms with Crippen LogP contribution in [0.15, 0.2) is 103 Å². The molecule has 8 nitrogen and oxygen atoms in total. The van der Waals surface area contributed by atoms with Gasteiger partial charge in [0.1, 0.15) is 0 Å². The normalized spacial score (nSPS) is 23.7. The van der Waals surface area contributed by atoms with Crippen LogP contribution in [-0.2, 0) is 29.2 Å². The van der Waals surface area contributed by atoms with Crippen LogP contribution in [0.2, 0.25) is 0 Å². The van der Waals surface area contributed by atoms with Gasteiger partial charge in [0.15, 0.2) is 6.29 Å². The average molecular weight is 632 g/mol. The molecule has 4 unspecified atom stereocenters. The Hall–Kier alpha value is -4.18. The third-order valence-corrected chi connectivity index (χ3v) is 9.75. The Labute approximate surface area is 276 Å². The Morgan fingerprint density at radius 2 is 1.19 bits per heavy atom. The van der Waals surface area contributed by atoms with Crippen molar-refractivity contribution in [3.05, 3.63) is 142 Å². The number of ether oxygens (including phenoxy) is 2. The highest BCUT2D eigenvalue weighted by Crippen LogP contribution is 2.42. The largest absolute Gasteiger partial charge is 0.392 e. The number of hydrogen-bond acceptors (Lipinski definition) is 7. The number of imide groups is 1. The first-order valence-electron chi connectivity index (χ1n) is 16.5. The zero-order chi connectivity index (χ0) is 32.3. The van der Waals surface area contributed by atoms with Crippen molar-refractivity contribution in [2.24, 2.45) is 5.92 Å². The van der Waals surface area contributed by atoms with Crippen LogP contribution < -0.4 is 0 Å². The summed E-state index contributed by atoms with van der Waals surface area (Å²) < 4.78 is 13.4. The van der Waals surface area contributed by atoms with Crippen molar-refractivity contribution in [1.29, 1.82) is 0 Å². The summed E-state index contributed by atoms with van der Waals surface area (Å²) in [5, 5.41) is 9.59. The van der Waals surface area contributed by atoms with Gasteiger partial charge in [0.05, 0.1) is 36.5 Å². The molecular formula is C39H41N3O5. The van der Waals surface area contributed by atoms with E-state index in [0.29, 0.717) is 11.1 Å². The van der Waals surface area contributed by atoms with Gasteiger partial charge in [-0.3, -0.25) is 24.3 Å². The van der Waals surface area contributed by atoms with Gasteiger partial charge in [-0.1, -0.05) is 97.9 Å². The van der Waals surface area contributed by atoms with E-state index in [2.05, 4.69) is 47.1 Å². The number of nitrogens with zero attached hydrogens (tertiary/aromatic N) is 3. The van der Waals surface area contributed by atoms with E-state index in [-0.39, 0.29) is 43.1 Å². The highest BCUT2D eigenvalue weighted by Gasteiger charge is 2.40. The van der Waals surface area contributed by atoms with Gasteiger partial charge in [-0.05, 0) is 34.4 Å². The molecule has 7 rings (SSSR count). The topological polar surface area (TPSA) is 82.6 Å². The van der Waals surface area contributed by atoms with E-state index in [0.717, 1.165) is 61.5 Å². The maximum absolute atomic E-state index is 12.9. The number of carbonyl (C=O) groups is 2. The number of fused-ring (bicyclic) bond motifs is 1. The van der Waals surface area contributed by atoms with E-state index in [1.165, 1.54) is 10.5 Å². The second-order valence-electron chi connectivity index (χ2n) is 12.9. The predicted molar refractivity (Wildman–Crippen MR) is 178 cm³/mol. The van der Waals surface area contributed by atoms with Crippen molar-refractivity contribution in [3.8, 4) is 0 Å². The van der Waals surface area contributed by atoms with Crippen LogP contribution >= 0.6 is 0 Å². The molecule has 3 heterocycles. The summed E-state index contributed by atoms with van der Waals surface area (Å²) in [5.41, 5.74) is 5.91. The fourth-order valence-corrected chi connectivity index (χ4v) is 6.90. The zero-order valence-corrected chi connectivity index (χ0v) is 26.7. The fraction of sp³-hybridized carbons (Fsp3) is 0.333. The first-order valence-corrected chi connectivity index (χ1v) is 16.5. The smallest absolute Gasteiger partial charge is 0.261 e. The minimum atomic E-state index is -0.577. The first-order chi connectivity index (χ1) is 23.0. The third-order valence-electron chi connectivity index (χ3n) is 9.75. The summed E-state index contributed by atoms with van der Waals surface area (Å²) >= 11 is 0. The Bertz CT molecular complexity index is 1650. The molecule has 4 aromatic carbocycles. The summed E-state index contributed by atoms with van der Waals surface area (Å²) in [7, 11) is 0. The maximum atomic E-state index is 12.9. The van der Waals surface area contributed by atoms with E-state index in [1.807, 2.05) is 48.5 Å². The maximum Gasteiger partial charge on any atom is 0.261 e. The van der Waals surface area contributed by atoms with Gasteiger partial charge >= 0.3 is 0 Å². The van der Waals surface area contributed by atoms with Gasteiger partial charge in [-0.25, -0.2) is 0 Å². The van der Waals surface area contributed by atoms with E-state index in [1.54, 1.807) is 24.3 Å². The molecule has 0 radical (unpaired) electrons. The molecule has 3 aliphatic rings. The van der Waals surface area contributed by atoms with Crippen LogP contribution in [0.25, 0.3) is 0 Å². The van der Waals surface area contributed by atoms with Gasteiger partial charge in [-0.2, -0.15) is 0 Å². The summed E-state index contributed by atoms with van der Waals surface area (Å²) in [4.78, 5) is 32.1. The number of piperazine rings is 1. The first kappa shape index (κ1) is 31.4. The molecule has 2 fully saturated rings. The number of aliphatic hydroxyl groups excluding tert-OH is 1. The summed E-state index contributed by atoms with van der Waals surface area (Å²) in [6.07, 6.45) is -0.828. The van der Waals surface area contributed by atoms with Gasteiger partial charge in [-0.15, -0.1) is 0 Å². The molecule has 0 aromatic heterocycles. The molecule has 2 saturated heterocycles. The Kier molecular flexibility index (Phi) is 9.29. The third kappa shape index (κ3) is 6.79. The van der Waals surface area contributed by atoms with Gasteiger partial charge in [0, 0.05) is 50.7 Å². The Balaban J connectivity index is 1.05. The Morgan fingerprint density at radius 1 is 0.638 bits per heavy atom. The SMILES string of the molecule is CC1C(CN2CCN(Cc3ccccc3)CC2)OC(c2ccc(CN3C(=O)c4ccccc4C3=O)cc2)OC1c1ccc(CO)cc1. The molecule has 8 heteroatoms. The van der Waals surface area contributed by atoms with E-state index < -0.39 is 6.29 Å². The highest BCUT2D eigenvalue weighted by molar-refractivity contribution is 6.21. The summed E-state index contributed by atoms with van der Waals surface area (Å²) in [6, 6.07) is 33.4. The monoisotopic (exact) mass is 631 g/mol. The lowest BCUT2D eigenvalue weighted by molar-refractivity contribution is -0.276. The molecule has 0 bridgehead atoms. The molecule has 242 valence electrons. The van der Waals surface area contributed by atoms with Crippen molar-refractivity contribution in [2.75, 3.05) is 32.7 Å². The molecule has 1 N–H and O–H groups in total. The standard InChI is InChI=1S/C39H41N3O5/c1-27-35(25-41-21-19-40(20-22-41)23-28-7-3-2-4-8-28)46-39(47-36(27)31-15-13-30(26-43)14-16-31)32-17-11-29(12-18-32)24-42-37(44)33-9-5-6-10-34(33)38(42)45/h2-18,27,35-36,39,43H,19-26H2,1H3. The number of aliphatic hydroxyl groups is 1. The van der Waals surface area contributed by atoms with Crippen LogP contribution in [-0.4, -0.2) is 70.4 Å². The molecule has 3 aliphatic heterocycles. The highest BCUT2D eigenvalue weighted by atomic mass is 16.7. The Morgan fingerprint density at radius 3 is 1.83 bits per heavy atom. The zero-order valence-electron chi connectivity index (χ0n) is 26.7. The lowest BCUT2D eigenvalue weighted by atomic mass is 9.90. The molecule has 0 saturated carbocycles. The van der Waals surface area contributed by atoms with Crippen LogP contribution in [0.3, 0.4) is 0 Å². The molecule has 47 heavy (non-hydrogen) atoms. The lowest BCUT2D eigenvalue weighted by Crippen LogP contribution is -2.51. The minimum absolute atomic E-state index is 0.000964. The molecule has 0 spiro atoms. The van der Waals surface area contributed by atoms with Crippen LogP contribution in [0, 0.1) is 5.92 Å². The molecule has 4 aromatic rings. The van der Waals surface area contributed by atoms with Gasteiger partial charge in [0.25, 0.3) is 11.8 Å². The second kappa shape index (κ2) is 13.9. The fourth-order valence-electron chi connectivity index (χ4n) is 6.90. The molecule has 2 amide bonds. The van der Waals surface area contributed by atoms with Crippen LogP contribution in [0.1, 0.15) is 67.9 Å². The number of carbonyl (C=O) groups excluding carboxylic acids is 2. The second-order valence-corrected chi connectivity index (χ2v) is 12.9. The van der Waals surface area contributed by atoms with Crippen molar-refractivity contribution >= 4 is 11.8 Å². The average Bonchev–Trinajstić information content (AvgIpc) is 3.35. The summed E-state index contributed by atoms with van der Waals surface area (Å²) in [5.74, 6) is -0.426. The van der Waals surface area contributed by atoms with Crippen molar-refractivity contribution in [2.45, 2.75) is 45.1 Å². The predicted octanol–water partition coefficient (Wildman–Crippen LogP) is 5.58. The number of hydrogen-bond donors (Lipinski definition) is 1. The van der Waals surface area contributed by atoms with Crippen molar-refractivity contribution < 1.29 is 24.2 Å². The number of rotatable bonds is 9. The number of benzene rings is 4. The van der Waals surface area contributed by atoms with Crippen LogP contribution in [0.5, 0.6) is 0 Å². The van der Waals surface area contributed by atoms with Crippen molar-refractivity contribution in [1.82, 2.24) is 14.7 Å². The van der Waals surface area contributed by atoms with Gasteiger partial charge in [0.2, 0.25) is 0 Å². The van der Waals surface area contributed by atoms with E-state index in [4.69, 9.17) is 9.47 Å². The summed E-state index contributed by atoms with van der Waals surface area (Å²) in [6.45, 7) is 8.16. The minimum Gasteiger partial charge on any atom is -0.392 e. The van der Waals surface area contributed by atoms with Crippen molar-refractivity contribution in [3.63, 3.8) is 0 Å². The van der Waals surface area contributed by atoms with E-state index >= 15 is 0 Å². The lowest BCUT2D eigenvalue weighted by Gasteiger charge is -2.44. The number of amides is 2. The van der Waals surface area contributed by atoms with Crippen LogP contribution in [0.4, 0.5) is 0 Å². The molecule has 4 atom stereocenters. The van der Waals surface area contributed by atoms with Gasteiger partial charge < -0.3 is 14.6 Å². The van der Waals surface area contributed by atoms with E-state index in [9.17, 15) is 14.7 Å². The molecule has 0 aliphatic carbocycles. The quantitative estimate of drug-likeness (QED) is 0.242.